The molecule has 0 radical (unpaired) electrons. The third kappa shape index (κ3) is 4.80. The predicted octanol–water partition coefficient (Wildman–Crippen LogP) is 2.72. The summed E-state index contributed by atoms with van der Waals surface area (Å²) in [5.41, 5.74) is 3.54. The Labute approximate surface area is 178 Å². The van der Waals surface area contributed by atoms with Crippen LogP contribution in [0.3, 0.4) is 0 Å². The first-order valence-electron chi connectivity index (χ1n) is 9.61. The van der Waals surface area contributed by atoms with Gasteiger partial charge < -0.3 is 15.7 Å². The number of rotatable bonds is 6. The number of aliphatic hydroxyl groups is 1. The van der Waals surface area contributed by atoms with Crippen molar-refractivity contribution in [3.8, 4) is 11.8 Å². The monoisotopic (exact) mass is 412 g/mol. The molecule has 31 heavy (non-hydrogen) atoms. The summed E-state index contributed by atoms with van der Waals surface area (Å²) in [5, 5.41) is 27.3. The zero-order valence-corrected chi connectivity index (χ0v) is 16.5. The normalized spacial score (nSPS) is 10.7. The van der Waals surface area contributed by atoms with Gasteiger partial charge >= 0.3 is 0 Å². The average Bonchev–Trinajstić information content (AvgIpc) is 3.45. The number of nitrogens with one attached hydrogen (secondary N) is 3. The second-order valence-corrected chi connectivity index (χ2v) is 6.54. The van der Waals surface area contributed by atoms with Crippen LogP contribution >= 0.6 is 0 Å². The molecule has 0 aliphatic carbocycles. The molecule has 0 aliphatic rings. The second kappa shape index (κ2) is 9.43. The molecule has 8 heteroatoms. The molecular weight excluding hydrogens is 392 g/mol. The lowest BCUT2D eigenvalue weighted by atomic mass is 10.1. The van der Waals surface area contributed by atoms with Gasteiger partial charge in [0.1, 0.15) is 6.61 Å². The molecular formula is C23H20N6O2. The van der Waals surface area contributed by atoms with Crippen LogP contribution in [0.25, 0.3) is 10.9 Å². The number of aromatic amines is 1. The minimum Gasteiger partial charge on any atom is -0.384 e. The van der Waals surface area contributed by atoms with Crippen molar-refractivity contribution in [2.24, 2.45) is 5.10 Å². The Balaban J connectivity index is 1.52. The van der Waals surface area contributed by atoms with Crippen molar-refractivity contribution in [1.82, 2.24) is 20.2 Å². The number of para-hydroxylation sites is 1. The molecule has 2 aromatic carbocycles. The van der Waals surface area contributed by atoms with E-state index in [0.717, 1.165) is 22.3 Å². The molecule has 4 aromatic rings. The Morgan fingerprint density at radius 2 is 2.00 bits per heavy atom. The van der Waals surface area contributed by atoms with Crippen LogP contribution in [0, 0.1) is 11.8 Å². The quantitative estimate of drug-likeness (QED) is 0.288. The fourth-order valence-electron chi connectivity index (χ4n) is 3.02. The molecule has 2 aromatic heterocycles. The number of nitrogens with zero attached hydrogens (tertiary/aromatic N) is 3. The molecule has 0 atom stereocenters. The lowest BCUT2D eigenvalue weighted by molar-refractivity contribution is 0.0959. The molecule has 8 nitrogen and oxygen atoms in total. The highest BCUT2D eigenvalue weighted by Crippen LogP contribution is 2.24. The Bertz CT molecular complexity index is 1280. The number of H-pyrrole nitrogens is 1. The summed E-state index contributed by atoms with van der Waals surface area (Å²) in [6.45, 7) is -0.0656. The van der Waals surface area contributed by atoms with Crippen molar-refractivity contribution >= 4 is 34.4 Å². The van der Waals surface area contributed by atoms with E-state index in [1.807, 2.05) is 54.9 Å². The first-order valence-corrected chi connectivity index (χ1v) is 9.61. The summed E-state index contributed by atoms with van der Waals surface area (Å²) in [5.74, 6) is 4.92. The average molecular weight is 412 g/mol. The van der Waals surface area contributed by atoms with Gasteiger partial charge in [-0.3, -0.25) is 9.89 Å². The number of carbonyl (C=O) groups excluding carboxylic acids is 1. The van der Waals surface area contributed by atoms with E-state index < -0.39 is 0 Å². The van der Waals surface area contributed by atoms with Crippen LogP contribution in [0.2, 0.25) is 0 Å². The van der Waals surface area contributed by atoms with Gasteiger partial charge in [0.05, 0.1) is 35.2 Å². The zero-order chi connectivity index (χ0) is 21.5. The molecule has 1 amide bonds. The van der Waals surface area contributed by atoms with Crippen LogP contribution < -0.4 is 10.6 Å². The van der Waals surface area contributed by atoms with E-state index in [0.29, 0.717) is 11.3 Å². The van der Waals surface area contributed by atoms with Crippen molar-refractivity contribution in [2.45, 2.75) is 0 Å². The van der Waals surface area contributed by atoms with Crippen LogP contribution in [-0.2, 0) is 0 Å². The van der Waals surface area contributed by atoms with Crippen molar-refractivity contribution in [1.29, 1.82) is 0 Å². The number of hydrogen-bond acceptors (Lipinski definition) is 5. The molecule has 4 rings (SSSR count). The molecule has 0 fully saturated rings. The van der Waals surface area contributed by atoms with Crippen molar-refractivity contribution in [3.63, 3.8) is 0 Å². The van der Waals surface area contributed by atoms with Crippen LogP contribution in [-0.4, -0.2) is 45.3 Å². The molecule has 0 saturated heterocycles. The van der Waals surface area contributed by atoms with Crippen LogP contribution in [0.1, 0.15) is 16.1 Å². The summed E-state index contributed by atoms with van der Waals surface area (Å²) in [7, 11) is 0. The Hall–Kier alpha value is -4.35. The van der Waals surface area contributed by atoms with Gasteiger partial charge in [0, 0.05) is 23.5 Å². The van der Waals surface area contributed by atoms with Gasteiger partial charge in [-0.05, 0) is 42.5 Å². The molecule has 2 heterocycles. The van der Waals surface area contributed by atoms with E-state index in [9.17, 15) is 4.79 Å². The van der Waals surface area contributed by atoms with Gasteiger partial charge in [0.15, 0.2) is 0 Å². The van der Waals surface area contributed by atoms with E-state index in [-0.39, 0.29) is 19.1 Å². The van der Waals surface area contributed by atoms with Crippen LogP contribution in [0.4, 0.5) is 11.4 Å². The van der Waals surface area contributed by atoms with Gasteiger partial charge in [-0.15, -0.1) is 0 Å². The van der Waals surface area contributed by atoms with Crippen molar-refractivity contribution < 1.29 is 9.90 Å². The van der Waals surface area contributed by atoms with E-state index in [1.54, 1.807) is 23.0 Å². The number of amides is 1. The minimum atomic E-state index is -0.250. The highest BCUT2D eigenvalue weighted by Gasteiger charge is 2.11. The van der Waals surface area contributed by atoms with Crippen molar-refractivity contribution in [3.05, 3.63) is 78.2 Å². The molecule has 0 unspecified atom stereocenters. The smallest absolute Gasteiger partial charge is 0.254 e. The zero-order valence-electron chi connectivity index (χ0n) is 16.5. The third-order valence-corrected chi connectivity index (χ3v) is 4.49. The largest absolute Gasteiger partial charge is 0.384 e. The molecule has 154 valence electrons. The minimum absolute atomic E-state index is 0.167. The van der Waals surface area contributed by atoms with E-state index >= 15 is 0 Å². The Kier molecular flexibility index (Phi) is 6.07. The highest BCUT2D eigenvalue weighted by molar-refractivity contribution is 6.01. The number of aromatic nitrogens is 3. The molecule has 0 bridgehead atoms. The Morgan fingerprint density at radius 1 is 1.16 bits per heavy atom. The number of hydrogen-bond donors (Lipinski definition) is 4. The summed E-state index contributed by atoms with van der Waals surface area (Å²) in [6, 6.07) is 16.8. The lowest BCUT2D eigenvalue weighted by Gasteiger charge is -2.11. The van der Waals surface area contributed by atoms with Gasteiger partial charge in [0.2, 0.25) is 0 Å². The van der Waals surface area contributed by atoms with Crippen LogP contribution in [0.5, 0.6) is 0 Å². The number of aliphatic hydroxyl groups excluding tert-OH is 1. The highest BCUT2D eigenvalue weighted by atomic mass is 16.2. The lowest BCUT2D eigenvalue weighted by Crippen LogP contribution is -2.24. The number of fused-ring (bicyclic) bond motifs is 1. The topological polar surface area (TPSA) is 107 Å². The fourth-order valence-corrected chi connectivity index (χ4v) is 3.02. The first-order chi connectivity index (χ1) is 15.2. The van der Waals surface area contributed by atoms with Gasteiger partial charge in [0.25, 0.3) is 5.91 Å². The summed E-state index contributed by atoms with van der Waals surface area (Å²) in [4.78, 5) is 12.5. The second-order valence-electron chi connectivity index (χ2n) is 6.54. The maximum Gasteiger partial charge on any atom is 0.254 e. The molecule has 4 N–H and O–H groups in total. The van der Waals surface area contributed by atoms with E-state index in [2.05, 4.69) is 37.8 Å². The van der Waals surface area contributed by atoms with Gasteiger partial charge in [-0.1, -0.05) is 24.0 Å². The molecule has 0 saturated carbocycles. The maximum absolute atomic E-state index is 12.5. The number of benzene rings is 2. The fraction of sp³-hybridized carbons (Fsp3) is 0.0870. The van der Waals surface area contributed by atoms with Crippen molar-refractivity contribution in [2.75, 3.05) is 18.5 Å². The maximum atomic E-state index is 12.5. The van der Waals surface area contributed by atoms with Gasteiger partial charge in [-0.2, -0.15) is 10.2 Å². The predicted molar refractivity (Wildman–Crippen MR) is 120 cm³/mol. The SMILES string of the molecule is O=C(NCC#CCO)c1ccccc1Nc1ccc2c(/C=N/n3cccc3)[nH]nc2c1. The van der Waals surface area contributed by atoms with Crippen LogP contribution in [0.15, 0.2) is 72.1 Å². The summed E-state index contributed by atoms with van der Waals surface area (Å²) < 4.78 is 1.71. The third-order valence-electron chi connectivity index (χ3n) is 4.49. The number of carbonyl (C=O) groups is 1. The molecule has 0 spiro atoms. The number of anilines is 2. The summed E-state index contributed by atoms with van der Waals surface area (Å²) >= 11 is 0. The summed E-state index contributed by atoms with van der Waals surface area (Å²) in [6.07, 6.45) is 5.43. The van der Waals surface area contributed by atoms with Gasteiger partial charge in [-0.25, -0.2) is 4.68 Å². The van der Waals surface area contributed by atoms with E-state index in [1.165, 1.54) is 0 Å². The van der Waals surface area contributed by atoms with E-state index in [4.69, 9.17) is 5.11 Å². The standard InChI is InChI=1S/C23H20N6O2/c30-14-6-3-11-24-23(31)19-7-1-2-8-20(19)26-17-9-10-18-21(15-17)27-28-22(18)16-25-29-12-4-5-13-29/h1-2,4-5,7-10,12-13,15-16,26,30H,11,14H2,(H,24,31)(H,27,28)/b25-16+. The molecule has 0 aliphatic heterocycles. The first kappa shape index (κ1) is 19.9. The Morgan fingerprint density at radius 3 is 2.84 bits per heavy atom.